The average molecular weight is 1610 g/mol. The molecule has 654 valence electrons. The van der Waals surface area contributed by atoms with Gasteiger partial charge in [-0.2, -0.15) is 0 Å². The van der Waals surface area contributed by atoms with Gasteiger partial charge in [-0.3, -0.25) is 37.3 Å². The minimum absolute atomic E-state index is 0.108. The molecule has 19 heteroatoms. The zero-order chi connectivity index (χ0) is 80.8. The Morgan fingerprint density at radius 1 is 0.245 bits per heavy atom. The Balaban J connectivity index is 5.25. The minimum Gasteiger partial charge on any atom is -0.462 e. The highest BCUT2D eigenvalue weighted by atomic mass is 31.2. The molecule has 0 bridgehead atoms. The number of unbranched alkanes of at least 4 members (excludes halogenated alkanes) is 57. The number of carbonyl (C=O) groups excluding carboxylic acids is 4. The van der Waals surface area contributed by atoms with Crippen molar-refractivity contribution in [3.8, 4) is 0 Å². The molecule has 0 spiro atoms. The molecule has 0 saturated carbocycles. The zero-order valence-corrected chi connectivity index (χ0v) is 74.5. The van der Waals surface area contributed by atoms with Crippen molar-refractivity contribution in [2.24, 2.45) is 17.8 Å². The normalized spacial score (nSPS) is 13.8. The second-order valence-corrected chi connectivity index (χ2v) is 37.0. The van der Waals surface area contributed by atoms with E-state index >= 15 is 0 Å². The maximum absolute atomic E-state index is 13.2. The Labute approximate surface area is 677 Å². The van der Waals surface area contributed by atoms with Gasteiger partial charge in [0, 0.05) is 25.7 Å². The highest BCUT2D eigenvalue weighted by Gasteiger charge is 2.31. The summed E-state index contributed by atoms with van der Waals surface area (Å²) in [7, 11) is -9.94. The molecule has 110 heavy (non-hydrogen) atoms. The monoisotopic (exact) mass is 1610 g/mol. The second-order valence-electron chi connectivity index (χ2n) is 34.1. The van der Waals surface area contributed by atoms with Crippen LogP contribution in [-0.4, -0.2) is 96.7 Å². The molecule has 0 aromatic heterocycles. The van der Waals surface area contributed by atoms with Crippen molar-refractivity contribution in [3.63, 3.8) is 0 Å². The van der Waals surface area contributed by atoms with Crippen molar-refractivity contribution < 1.29 is 80.2 Å². The van der Waals surface area contributed by atoms with Crippen LogP contribution in [-0.2, 0) is 65.4 Å². The van der Waals surface area contributed by atoms with E-state index in [0.29, 0.717) is 25.7 Å². The largest absolute Gasteiger partial charge is 0.472 e. The Morgan fingerprint density at radius 3 is 0.618 bits per heavy atom. The third-order valence-electron chi connectivity index (χ3n) is 21.4. The first-order valence-corrected chi connectivity index (χ1v) is 49.8. The summed E-state index contributed by atoms with van der Waals surface area (Å²) in [5, 5.41) is 10.7. The number of rotatable bonds is 89. The fourth-order valence-corrected chi connectivity index (χ4v) is 15.8. The molecule has 3 N–H and O–H groups in total. The Kier molecular flexibility index (Phi) is 79.4. The van der Waals surface area contributed by atoms with Gasteiger partial charge in [0.2, 0.25) is 0 Å². The van der Waals surface area contributed by atoms with E-state index in [4.69, 9.17) is 37.0 Å². The molecule has 17 nitrogen and oxygen atoms in total. The standard InChI is InChI=1S/C91H178O17P2/c1-8-9-10-11-12-13-14-15-16-17-18-22-27-32-37-44-51-58-65-72-88(93)101-78-86(107-90(95)74-67-60-53-45-38-33-28-23-20-19-21-25-30-35-41-48-55-62-69-82(2)3)80-105-109(97,98)103-76-85(92)77-104-110(99,100)106-81-87(79-102-89(94)73-66-59-52-47-40-43-50-57-64-71-84(6)7)108-91(96)75-68-61-54-46-39-34-29-24-26-31-36-42-49-56-63-70-83(4)5/h82-87,92H,8-81H2,1-7H3,(H,97,98)(H,99,100)/t85-,86-,87-/m1/s1. The number of hydrogen-bond donors (Lipinski definition) is 3. The topological polar surface area (TPSA) is 237 Å². The van der Waals surface area contributed by atoms with Crippen LogP contribution in [0.4, 0.5) is 0 Å². The lowest BCUT2D eigenvalue weighted by molar-refractivity contribution is -0.161. The predicted octanol–water partition coefficient (Wildman–Crippen LogP) is 28.0. The molecule has 0 fully saturated rings. The summed E-state index contributed by atoms with van der Waals surface area (Å²) in [4.78, 5) is 73.4. The molecule has 0 aromatic carbocycles. The molecule has 2 unspecified atom stereocenters. The Hall–Kier alpha value is -1.94. The third kappa shape index (κ3) is 84.0. The quantitative estimate of drug-likeness (QED) is 0.0222. The van der Waals surface area contributed by atoms with Crippen molar-refractivity contribution in [3.05, 3.63) is 0 Å². The van der Waals surface area contributed by atoms with Crippen LogP contribution < -0.4 is 0 Å². The van der Waals surface area contributed by atoms with Gasteiger partial charge in [-0.05, 0) is 43.4 Å². The maximum atomic E-state index is 13.2. The van der Waals surface area contributed by atoms with E-state index in [-0.39, 0.29) is 25.7 Å². The van der Waals surface area contributed by atoms with E-state index < -0.39 is 97.5 Å². The fourth-order valence-electron chi connectivity index (χ4n) is 14.3. The number of phosphoric acid groups is 2. The van der Waals surface area contributed by atoms with Crippen molar-refractivity contribution in [1.29, 1.82) is 0 Å². The highest BCUT2D eigenvalue weighted by molar-refractivity contribution is 7.47. The smallest absolute Gasteiger partial charge is 0.462 e. The third-order valence-corrected chi connectivity index (χ3v) is 23.3. The number of carbonyl (C=O) groups is 4. The number of phosphoric ester groups is 2. The number of aliphatic hydroxyl groups excluding tert-OH is 1. The average Bonchev–Trinajstić information content (AvgIpc) is 0.899. The lowest BCUT2D eigenvalue weighted by atomic mass is 10.0. The zero-order valence-electron chi connectivity index (χ0n) is 72.7. The van der Waals surface area contributed by atoms with Crippen LogP contribution in [0.5, 0.6) is 0 Å². The summed E-state index contributed by atoms with van der Waals surface area (Å²) in [6.45, 7) is 12.1. The van der Waals surface area contributed by atoms with E-state index in [1.165, 1.54) is 295 Å². The Bertz CT molecular complexity index is 2110. The SMILES string of the molecule is CCCCCCCCCCCCCCCCCCCCCC(=O)OC[C@H](COP(=O)(O)OC[C@@H](O)COP(=O)(O)OC[C@@H](COC(=O)CCCCCCCCCCCC(C)C)OC(=O)CCCCCCCCCCCCCCCCCC(C)C)OC(=O)CCCCCCCCCCCCCCCCCCCCC(C)C. The number of aliphatic hydroxyl groups is 1. The lowest BCUT2D eigenvalue weighted by Gasteiger charge is -2.21. The van der Waals surface area contributed by atoms with Crippen molar-refractivity contribution >= 4 is 39.5 Å². The summed E-state index contributed by atoms with van der Waals surface area (Å²) >= 11 is 0. The first-order chi connectivity index (χ1) is 53.2. The first kappa shape index (κ1) is 108. The van der Waals surface area contributed by atoms with Crippen molar-refractivity contribution in [1.82, 2.24) is 0 Å². The van der Waals surface area contributed by atoms with Gasteiger partial charge >= 0.3 is 39.5 Å². The summed E-state index contributed by atoms with van der Waals surface area (Å²) < 4.78 is 69.1. The van der Waals surface area contributed by atoms with Gasteiger partial charge in [-0.1, -0.05) is 434 Å². The number of esters is 4. The van der Waals surface area contributed by atoms with Crippen molar-refractivity contribution in [2.75, 3.05) is 39.6 Å². The van der Waals surface area contributed by atoms with Gasteiger partial charge in [0.05, 0.1) is 26.4 Å². The van der Waals surface area contributed by atoms with Gasteiger partial charge in [0.15, 0.2) is 12.2 Å². The van der Waals surface area contributed by atoms with Gasteiger partial charge in [0.25, 0.3) is 0 Å². The first-order valence-electron chi connectivity index (χ1n) is 46.8. The molecule has 0 aliphatic carbocycles. The molecule has 5 atom stereocenters. The summed E-state index contributed by atoms with van der Waals surface area (Å²) in [6, 6.07) is 0. The van der Waals surface area contributed by atoms with Crippen LogP contribution in [0.1, 0.15) is 485 Å². The van der Waals surface area contributed by atoms with Crippen LogP contribution in [0.3, 0.4) is 0 Å². The predicted molar refractivity (Wildman–Crippen MR) is 455 cm³/mol. The minimum atomic E-state index is -4.97. The number of hydrogen-bond acceptors (Lipinski definition) is 15. The van der Waals surface area contributed by atoms with Crippen LogP contribution in [0.15, 0.2) is 0 Å². The molecular weight excluding hydrogens is 1430 g/mol. The van der Waals surface area contributed by atoms with Gasteiger partial charge in [-0.15, -0.1) is 0 Å². The number of ether oxygens (including phenoxy) is 4. The Morgan fingerprint density at radius 2 is 0.418 bits per heavy atom. The molecule has 0 aliphatic heterocycles. The van der Waals surface area contributed by atoms with E-state index in [1.54, 1.807) is 0 Å². The van der Waals surface area contributed by atoms with Crippen LogP contribution >= 0.6 is 15.6 Å². The van der Waals surface area contributed by atoms with E-state index in [2.05, 4.69) is 48.5 Å². The highest BCUT2D eigenvalue weighted by Crippen LogP contribution is 2.45. The van der Waals surface area contributed by atoms with Gasteiger partial charge in [-0.25, -0.2) is 9.13 Å². The molecule has 0 rings (SSSR count). The summed E-state index contributed by atoms with van der Waals surface area (Å²) in [6.07, 6.45) is 73.7. The molecule has 0 radical (unpaired) electrons. The van der Waals surface area contributed by atoms with Crippen molar-refractivity contribution in [2.45, 2.75) is 503 Å². The van der Waals surface area contributed by atoms with Gasteiger partial charge in [0.1, 0.15) is 19.3 Å². The van der Waals surface area contributed by atoms with Crippen LogP contribution in [0.25, 0.3) is 0 Å². The second kappa shape index (κ2) is 80.8. The van der Waals surface area contributed by atoms with Crippen LogP contribution in [0.2, 0.25) is 0 Å². The van der Waals surface area contributed by atoms with Gasteiger partial charge < -0.3 is 33.8 Å². The molecule has 0 aliphatic rings. The fraction of sp³-hybridized carbons (Fsp3) is 0.956. The summed E-state index contributed by atoms with van der Waals surface area (Å²) in [5.41, 5.74) is 0. The van der Waals surface area contributed by atoms with E-state index in [1.807, 2.05) is 0 Å². The van der Waals surface area contributed by atoms with E-state index in [0.717, 1.165) is 108 Å². The maximum Gasteiger partial charge on any atom is 0.472 e. The molecule has 0 heterocycles. The van der Waals surface area contributed by atoms with Crippen LogP contribution in [0, 0.1) is 17.8 Å². The lowest BCUT2D eigenvalue weighted by Crippen LogP contribution is -2.30. The molecule has 0 aromatic rings. The summed E-state index contributed by atoms with van der Waals surface area (Å²) in [5.74, 6) is 0.269. The van der Waals surface area contributed by atoms with E-state index in [9.17, 15) is 43.2 Å². The molecular formula is C91H178O17P2. The molecule has 0 saturated heterocycles. The molecule has 0 amide bonds.